The van der Waals surface area contributed by atoms with E-state index < -0.39 is 5.91 Å². The van der Waals surface area contributed by atoms with Crippen LogP contribution in [0.5, 0.6) is 0 Å². The Morgan fingerprint density at radius 1 is 1.21 bits per heavy atom. The highest BCUT2D eigenvalue weighted by Crippen LogP contribution is 2.32. The van der Waals surface area contributed by atoms with Gasteiger partial charge in [-0.3, -0.25) is 14.7 Å². The van der Waals surface area contributed by atoms with Crippen molar-refractivity contribution >= 4 is 28.4 Å². The number of fused-ring (bicyclic) bond motifs is 1. The number of hydrogen-bond donors (Lipinski definition) is 3. The van der Waals surface area contributed by atoms with Crippen molar-refractivity contribution in [2.75, 3.05) is 31.6 Å². The maximum absolute atomic E-state index is 12.3. The smallest absolute Gasteiger partial charge is 0.252 e. The van der Waals surface area contributed by atoms with Crippen LogP contribution in [0.1, 0.15) is 28.4 Å². The second-order valence-electron chi connectivity index (χ2n) is 8.24. The highest BCUT2D eigenvalue weighted by atomic mass is 16.5. The van der Waals surface area contributed by atoms with Gasteiger partial charge in [0.05, 0.1) is 24.5 Å². The first-order valence-corrected chi connectivity index (χ1v) is 11.4. The average Bonchev–Trinajstić information content (AvgIpc) is 3.30. The van der Waals surface area contributed by atoms with E-state index in [1.807, 2.05) is 24.3 Å². The summed E-state index contributed by atoms with van der Waals surface area (Å²) in [4.78, 5) is 31.1. The number of nitrogens with one attached hydrogen (secondary N) is 2. The molecule has 9 nitrogen and oxygen atoms in total. The van der Waals surface area contributed by atoms with Gasteiger partial charge in [0.1, 0.15) is 11.3 Å². The van der Waals surface area contributed by atoms with Crippen molar-refractivity contribution in [2.24, 2.45) is 5.73 Å². The second kappa shape index (κ2) is 9.58. The lowest BCUT2D eigenvalue weighted by atomic mass is 10.0. The lowest BCUT2D eigenvalue weighted by Gasteiger charge is -2.28. The molecule has 1 fully saturated rings. The highest BCUT2D eigenvalue weighted by Gasteiger charge is 2.20. The number of nitrogens with zero attached hydrogens (tertiary/aromatic N) is 4. The fourth-order valence-corrected chi connectivity index (χ4v) is 4.37. The van der Waals surface area contributed by atoms with Gasteiger partial charge in [0, 0.05) is 49.5 Å². The van der Waals surface area contributed by atoms with Crippen molar-refractivity contribution in [1.29, 1.82) is 0 Å². The quantitative estimate of drug-likeness (QED) is 0.389. The van der Waals surface area contributed by atoms with Gasteiger partial charge in [-0.15, -0.1) is 0 Å². The number of ether oxygens (including phenoxy) is 1. The van der Waals surface area contributed by atoms with Crippen LogP contribution >= 0.6 is 0 Å². The molecule has 9 heteroatoms. The molecule has 1 aliphatic rings. The van der Waals surface area contributed by atoms with Crippen molar-refractivity contribution in [3.8, 4) is 11.4 Å². The van der Waals surface area contributed by atoms with Crippen LogP contribution in [-0.2, 0) is 17.7 Å². The molecule has 0 bridgehead atoms. The molecule has 34 heavy (non-hydrogen) atoms. The van der Waals surface area contributed by atoms with E-state index in [2.05, 4.69) is 43.1 Å². The first-order chi connectivity index (χ1) is 16.6. The molecule has 1 saturated heterocycles. The molecule has 0 atom stereocenters. The third-order valence-corrected chi connectivity index (χ3v) is 6.12. The second-order valence-corrected chi connectivity index (χ2v) is 8.24. The molecule has 0 saturated carbocycles. The van der Waals surface area contributed by atoms with E-state index in [-0.39, 0.29) is 0 Å². The van der Waals surface area contributed by atoms with Crippen LogP contribution in [0.3, 0.4) is 0 Å². The zero-order valence-electron chi connectivity index (χ0n) is 19.0. The predicted octanol–water partition coefficient (Wildman–Crippen LogP) is 3.26. The number of carbonyl (C=O) groups excluding carboxylic acids is 1. The normalized spacial score (nSPS) is 14.4. The number of aromatic nitrogens is 4. The van der Waals surface area contributed by atoms with Crippen molar-refractivity contribution in [3.63, 3.8) is 0 Å². The van der Waals surface area contributed by atoms with Gasteiger partial charge in [0.25, 0.3) is 5.91 Å². The fourth-order valence-electron chi connectivity index (χ4n) is 4.37. The molecule has 1 aliphatic heterocycles. The largest absolute Gasteiger partial charge is 0.379 e. The maximum atomic E-state index is 12.3. The van der Waals surface area contributed by atoms with E-state index in [0.29, 0.717) is 28.2 Å². The van der Waals surface area contributed by atoms with Crippen LogP contribution in [0.2, 0.25) is 0 Å². The SMILES string of the molecule is CCc1c(CN2CCOCC2)cccc1Nc1c(C(N)=O)cnc2nc(-c3ccncc3)[nH]c12. The highest BCUT2D eigenvalue weighted by molar-refractivity contribution is 6.06. The van der Waals surface area contributed by atoms with E-state index in [4.69, 9.17) is 10.5 Å². The standard InChI is InChI=1S/C25H27N7O2/c1-2-18-17(15-32-10-12-34-13-11-32)4-3-5-20(18)29-21-19(23(26)33)14-28-25-22(21)30-24(31-25)16-6-8-27-9-7-16/h3-9,14H,2,10-13,15H2,1H3,(H2,26,33)(H2,28,29,30,31). The molecule has 0 aliphatic carbocycles. The van der Waals surface area contributed by atoms with E-state index >= 15 is 0 Å². The molecular formula is C25H27N7O2. The number of amides is 1. The number of benzene rings is 1. The molecule has 3 aromatic heterocycles. The van der Waals surface area contributed by atoms with Gasteiger partial charge < -0.3 is 20.8 Å². The van der Waals surface area contributed by atoms with Crippen molar-refractivity contribution < 1.29 is 9.53 Å². The Bertz CT molecular complexity index is 1310. The number of primary amides is 1. The van der Waals surface area contributed by atoms with Gasteiger partial charge in [-0.2, -0.15) is 0 Å². The predicted molar refractivity (Wildman–Crippen MR) is 131 cm³/mol. The minimum absolute atomic E-state index is 0.304. The van der Waals surface area contributed by atoms with Gasteiger partial charge in [-0.25, -0.2) is 9.97 Å². The average molecular weight is 458 g/mol. The van der Waals surface area contributed by atoms with Crippen molar-refractivity contribution in [1.82, 2.24) is 24.8 Å². The first kappa shape index (κ1) is 22.0. The maximum Gasteiger partial charge on any atom is 0.252 e. The Morgan fingerprint density at radius 3 is 2.74 bits per heavy atom. The lowest BCUT2D eigenvalue weighted by molar-refractivity contribution is 0.0341. The topological polar surface area (TPSA) is 122 Å². The van der Waals surface area contributed by atoms with Crippen LogP contribution < -0.4 is 11.1 Å². The summed E-state index contributed by atoms with van der Waals surface area (Å²) in [7, 11) is 0. The number of nitrogens with two attached hydrogens (primary N) is 1. The molecule has 4 heterocycles. The van der Waals surface area contributed by atoms with Gasteiger partial charge in [0.2, 0.25) is 0 Å². The number of anilines is 2. The fraction of sp³-hybridized carbons (Fsp3) is 0.280. The summed E-state index contributed by atoms with van der Waals surface area (Å²) in [6.45, 7) is 6.35. The number of imidazole rings is 1. The third-order valence-electron chi connectivity index (χ3n) is 6.12. The molecule has 4 aromatic rings. The summed E-state index contributed by atoms with van der Waals surface area (Å²) in [6, 6.07) is 9.95. The monoisotopic (exact) mass is 457 g/mol. The van der Waals surface area contributed by atoms with Crippen LogP contribution in [0, 0.1) is 0 Å². The number of H-pyrrole nitrogens is 1. The van der Waals surface area contributed by atoms with E-state index in [0.717, 1.165) is 50.5 Å². The summed E-state index contributed by atoms with van der Waals surface area (Å²) in [5, 5.41) is 3.49. The summed E-state index contributed by atoms with van der Waals surface area (Å²) in [5.74, 6) is 0.0887. The lowest BCUT2D eigenvalue weighted by Crippen LogP contribution is -2.35. The Morgan fingerprint density at radius 2 is 2.00 bits per heavy atom. The van der Waals surface area contributed by atoms with Crippen LogP contribution in [0.4, 0.5) is 11.4 Å². The molecule has 0 spiro atoms. The molecule has 0 unspecified atom stereocenters. The minimum atomic E-state index is -0.556. The molecule has 174 valence electrons. The van der Waals surface area contributed by atoms with Crippen molar-refractivity contribution in [2.45, 2.75) is 19.9 Å². The Balaban J connectivity index is 1.56. The van der Waals surface area contributed by atoms with Gasteiger partial charge >= 0.3 is 0 Å². The summed E-state index contributed by atoms with van der Waals surface area (Å²) < 4.78 is 5.49. The zero-order chi connectivity index (χ0) is 23.5. The van der Waals surface area contributed by atoms with Crippen molar-refractivity contribution in [3.05, 3.63) is 65.6 Å². The van der Waals surface area contributed by atoms with E-state index in [1.165, 1.54) is 17.3 Å². The number of pyridine rings is 2. The van der Waals surface area contributed by atoms with E-state index in [9.17, 15) is 4.79 Å². The zero-order valence-corrected chi connectivity index (χ0v) is 19.0. The molecule has 4 N–H and O–H groups in total. The Labute approximate surface area is 197 Å². The number of aromatic amines is 1. The minimum Gasteiger partial charge on any atom is -0.379 e. The number of rotatable bonds is 7. The first-order valence-electron chi connectivity index (χ1n) is 11.4. The Hall–Kier alpha value is -3.82. The van der Waals surface area contributed by atoms with Crippen LogP contribution in [-0.4, -0.2) is 57.0 Å². The molecule has 1 aromatic carbocycles. The molecule has 1 amide bonds. The van der Waals surface area contributed by atoms with Crippen LogP contribution in [0.15, 0.2) is 48.9 Å². The van der Waals surface area contributed by atoms with Crippen LogP contribution in [0.25, 0.3) is 22.6 Å². The molecule has 5 rings (SSSR count). The summed E-state index contributed by atoms with van der Waals surface area (Å²) in [6.07, 6.45) is 5.73. The Kier molecular flexibility index (Phi) is 6.20. The van der Waals surface area contributed by atoms with E-state index in [1.54, 1.807) is 12.4 Å². The molecule has 0 radical (unpaired) electrons. The third kappa shape index (κ3) is 4.35. The summed E-state index contributed by atoms with van der Waals surface area (Å²) >= 11 is 0. The van der Waals surface area contributed by atoms with Gasteiger partial charge in [-0.1, -0.05) is 19.1 Å². The van der Waals surface area contributed by atoms with Gasteiger partial charge in [0.15, 0.2) is 5.65 Å². The number of hydrogen-bond acceptors (Lipinski definition) is 7. The number of morpholine rings is 1. The molecular weight excluding hydrogens is 430 g/mol. The number of carbonyl (C=O) groups is 1. The van der Waals surface area contributed by atoms with Gasteiger partial charge in [-0.05, 0) is 35.7 Å². The summed E-state index contributed by atoms with van der Waals surface area (Å²) in [5.41, 5.74) is 12.0.